The lowest BCUT2D eigenvalue weighted by atomic mass is 10.0. The Labute approximate surface area is 140 Å². The van der Waals surface area contributed by atoms with Gasteiger partial charge in [-0.1, -0.05) is 30.3 Å². The highest BCUT2D eigenvalue weighted by Gasteiger charge is 2.16. The van der Waals surface area contributed by atoms with Gasteiger partial charge in [-0.05, 0) is 24.6 Å². The van der Waals surface area contributed by atoms with Crippen LogP contribution in [0.2, 0.25) is 0 Å². The number of hydrogen-bond acceptors (Lipinski definition) is 4. The van der Waals surface area contributed by atoms with Gasteiger partial charge in [-0.3, -0.25) is 4.79 Å². The van der Waals surface area contributed by atoms with Crippen LogP contribution in [0, 0.1) is 0 Å². The summed E-state index contributed by atoms with van der Waals surface area (Å²) in [4.78, 5) is 16.4. The summed E-state index contributed by atoms with van der Waals surface area (Å²) in [6, 6.07) is 15.1. The normalized spacial score (nSPS) is 11.8. The van der Waals surface area contributed by atoms with Crippen molar-refractivity contribution in [3.63, 3.8) is 0 Å². The van der Waals surface area contributed by atoms with Crippen molar-refractivity contribution in [2.75, 3.05) is 12.4 Å². The largest absolute Gasteiger partial charge is 0.496 e. The van der Waals surface area contributed by atoms with E-state index in [1.165, 1.54) is 6.39 Å². The lowest BCUT2D eigenvalue weighted by Crippen LogP contribution is -2.18. The first-order valence-corrected chi connectivity index (χ1v) is 7.61. The zero-order valence-electron chi connectivity index (χ0n) is 13.5. The maximum Gasteiger partial charge on any atom is 0.231 e. The summed E-state index contributed by atoms with van der Waals surface area (Å²) in [5, 5.41) is 2.92. The molecule has 2 aromatic carbocycles. The molecule has 1 atom stereocenters. The van der Waals surface area contributed by atoms with E-state index in [0.717, 1.165) is 11.1 Å². The van der Waals surface area contributed by atoms with Crippen LogP contribution in [0.25, 0.3) is 11.3 Å². The van der Waals surface area contributed by atoms with E-state index in [4.69, 9.17) is 9.15 Å². The van der Waals surface area contributed by atoms with Crippen LogP contribution in [0.4, 0.5) is 5.69 Å². The number of carbonyl (C=O) groups is 1. The Bertz CT molecular complexity index is 814. The van der Waals surface area contributed by atoms with Gasteiger partial charge in [0.25, 0.3) is 0 Å². The van der Waals surface area contributed by atoms with E-state index in [0.29, 0.717) is 17.2 Å². The number of ether oxygens (including phenoxy) is 1. The summed E-state index contributed by atoms with van der Waals surface area (Å²) in [5.41, 5.74) is 2.42. The van der Waals surface area contributed by atoms with Gasteiger partial charge in [0, 0.05) is 11.8 Å². The van der Waals surface area contributed by atoms with Gasteiger partial charge in [0.15, 0.2) is 12.2 Å². The van der Waals surface area contributed by atoms with Gasteiger partial charge in [-0.15, -0.1) is 0 Å². The van der Waals surface area contributed by atoms with E-state index in [-0.39, 0.29) is 11.8 Å². The predicted octanol–water partition coefficient (Wildman–Crippen LogP) is 4.09. The Hall–Kier alpha value is -3.08. The Morgan fingerprint density at radius 2 is 2.00 bits per heavy atom. The average Bonchev–Trinajstić information content (AvgIpc) is 3.16. The number of nitrogens with one attached hydrogen (secondary N) is 1. The van der Waals surface area contributed by atoms with Gasteiger partial charge in [-0.25, -0.2) is 4.98 Å². The zero-order valence-corrected chi connectivity index (χ0v) is 13.5. The van der Waals surface area contributed by atoms with E-state index < -0.39 is 0 Å². The van der Waals surface area contributed by atoms with Crippen molar-refractivity contribution in [2.24, 2.45) is 0 Å². The molecule has 0 aliphatic rings. The molecular weight excluding hydrogens is 304 g/mol. The van der Waals surface area contributed by atoms with E-state index in [2.05, 4.69) is 10.3 Å². The third-order valence-electron chi connectivity index (χ3n) is 3.86. The monoisotopic (exact) mass is 322 g/mol. The van der Waals surface area contributed by atoms with Crippen LogP contribution in [-0.2, 0) is 4.79 Å². The predicted molar refractivity (Wildman–Crippen MR) is 92.0 cm³/mol. The number of methoxy groups -OCH3 is 1. The molecular formula is C19H18N2O3. The van der Waals surface area contributed by atoms with Crippen LogP contribution < -0.4 is 10.1 Å². The molecule has 0 saturated heterocycles. The molecule has 0 fully saturated rings. The minimum atomic E-state index is -0.244. The number of rotatable bonds is 5. The summed E-state index contributed by atoms with van der Waals surface area (Å²) in [6.45, 7) is 1.88. The van der Waals surface area contributed by atoms with Crippen molar-refractivity contribution in [3.05, 3.63) is 66.7 Å². The van der Waals surface area contributed by atoms with Crippen LogP contribution in [0.15, 0.2) is 65.5 Å². The first-order chi connectivity index (χ1) is 11.7. The highest BCUT2D eigenvalue weighted by molar-refractivity contribution is 5.96. The number of hydrogen-bond donors (Lipinski definition) is 1. The quantitative estimate of drug-likeness (QED) is 0.768. The SMILES string of the molecule is COc1cc(NC(=O)C(C)c2ccccc2)ccc1-c1cnco1. The summed E-state index contributed by atoms with van der Waals surface area (Å²) in [6.07, 6.45) is 2.99. The Balaban J connectivity index is 1.79. The molecule has 3 aromatic rings. The first-order valence-electron chi connectivity index (χ1n) is 7.61. The Morgan fingerprint density at radius 1 is 1.21 bits per heavy atom. The molecule has 3 rings (SSSR count). The topological polar surface area (TPSA) is 64.4 Å². The maximum atomic E-state index is 12.4. The van der Waals surface area contributed by atoms with Crippen LogP contribution in [0.3, 0.4) is 0 Å². The molecule has 0 aliphatic heterocycles. The van der Waals surface area contributed by atoms with Gasteiger partial charge in [-0.2, -0.15) is 0 Å². The third-order valence-corrected chi connectivity index (χ3v) is 3.86. The lowest BCUT2D eigenvalue weighted by molar-refractivity contribution is -0.117. The third kappa shape index (κ3) is 3.30. The van der Waals surface area contributed by atoms with Crippen molar-refractivity contribution in [1.82, 2.24) is 4.98 Å². The summed E-state index contributed by atoms with van der Waals surface area (Å²) < 4.78 is 10.7. The van der Waals surface area contributed by atoms with Crippen LogP contribution in [0.5, 0.6) is 5.75 Å². The first kappa shape index (κ1) is 15.8. The molecule has 0 radical (unpaired) electrons. The minimum absolute atomic E-state index is 0.0735. The van der Waals surface area contributed by atoms with Crippen molar-refractivity contribution in [3.8, 4) is 17.1 Å². The fourth-order valence-electron chi connectivity index (χ4n) is 2.46. The molecule has 0 saturated carbocycles. The Morgan fingerprint density at radius 3 is 2.67 bits per heavy atom. The Kier molecular flexibility index (Phi) is 4.61. The second-order valence-corrected chi connectivity index (χ2v) is 5.40. The molecule has 5 heteroatoms. The molecule has 1 heterocycles. The standard InChI is InChI=1S/C19H18N2O3/c1-13(14-6-4-3-5-7-14)19(22)21-15-8-9-16(17(10-15)23-2)18-11-20-12-24-18/h3-13H,1-2H3,(H,21,22). The van der Waals surface area contributed by atoms with Gasteiger partial charge in [0.2, 0.25) is 5.91 Å². The summed E-state index contributed by atoms with van der Waals surface area (Å²) in [5.74, 6) is 0.904. The summed E-state index contributed by atoms with van der Waals surface area (Å²) in [7, 11) is 1.58. The van der Waals surface area contributed by atoms with E-state index in [1.54, 1.807) is 19.4 Å². The van der Waals surface area contributed by atoms with Gasteiger partial charge in [0.1, 0.15) is 5.75 Å². The number of anilines is 1. The summed E-state index contributed by atoms with van der Waals surface area (Å²) >= 11 is 0. The molecule has 1 unspecified atom stereocenters. The van der Waals surface area contributed by atoms with Crippen LogP contribution in [-0.4, -0.2) is 18.0 Å². The average molecular weight is 322 g/mol. The molecule has 1 aromatic heterocycles. The highest BCUT2D eigenvalue weighted by atomic mass is 16.5. The van der Waals surface area contributed by atoms with Gasteiger partial charge < -0.3 is 14.5 Å². The molecule has 0 bridgehead atoms. The van der Waals surface area contributed by atoms with E-state index >= 15 is 0 Å². The second kappa shape index (κ2) is 7.00. The van der Waals surface area contributed by atoms with Crippen molar-refractivity contribution >= 4 is 11.6 Å². The molecule has 0 spiro atoms. The van der Waals surface area contributed by atoms with E-state index in [9.17, 15) is 4.79 Å². The number of carbonyl (C=O) groups excluding carboxylic acids is 1. The maximum absolute atomic E-state index is 12.4. The molecule has 24 heavy (non-hydrogen) atoms. The molecule has 5 nitrogen and oxygen atoms in total. The van der Waals surface area contributed by atoms with Crippen molar-refractivity contribution in [2.45, 2.75) is 12.8 Å². The van der Waals surface area contributed by atoms with Crippen LogP contribution in [0.1, 0.15) is 18.4 Å². The van der Waals surface area contributed by atoms with Crippen molar-refractivity contribution in [1.29, 1.82) is 0 Å². The molecule has 0 aliphatic carbocycles. The molecule has 122 valence electrons. The number of benzene rings is 2. The minimum Gasteiger partial charge on any atom is -0.496 e. The molecule has 1 N–H and O–H groups in total. The fourth-order valence-corrected chi connectivity index (χ4v) is 2.46. The number of amides is 1. The highest BCUT2D eigenvalue weighted by Crippen LogP contribution is 2.32. The number of nitrogens with zero attached hydrogens (tertiary/aromatic N) is 1. The number of aromatic nitrogens is 1. The molecule has 1 amide bonds. The smallest absolute Gasteiger partial charge is 0.231 e. The van der Waals surface area contributed by atoms with Gasteiger partial charge >= 0.3 is 0 Å². The van der Waals surface area contributed by atoms with Crippen molar-refractivity contribution < 1.29 is 13.9 Å². The van der Waals surface area contributed by atoms with Crippen LogP contribution >= 0.6 is 0 Å². The van der Waals surface area contributed by atoms with Gasteiger partial charge in [0.05, 0.1) is 24.8 Å². The second-order valence-electron chi connectivity index (χ2n) is 5.40. The zero-order chi connectivity index (χ0) is 16.9. The van der Waals surface area contributed by atoms with E-state index in [1.807, 2.05) is 49.4 Å². The lowest BCUT2D eigenvalue weighted by Gasteiger charge is -2.14. The number of oxazole rings is 1. The fraction of sp³-hybridized carbons (Fsp3) is 0.158.